The third-order valence-corrected chi connectivity index (χ3v) is 3.45. The standard InChI is InChI=1S/C18H15F3N8/c1-10(2)24-16-27-15(13-4-3-5-14(26-13)18(19,20)21)28-17(29-16)25-12-6-11(7-22)8-23-9-12/h3-6,8-10H,1-2H3,(H2,24,25,27,28,29). The van der Waals surface area contributed by atoms with E-state index in [-0.39, 0.29) is 29.5 Å². The van der Waals surface area contributed by atoms with Crippen molar-refractivity contribution in [3.8, 4) is 17.6 Å². The van der Waals surface area contributed by atoms with Crippen molar-refractivity contribution in [3.63, 3.8) is 0 Å². The van der Waals surface area contributed by atoms with Crippen molar-refractivity contribution < 1.29 is 13.2 Å². The van der Waals surface area contributed by atoms with Gasteiger partial charge in [0.25, 0.3) is 0 Å². The number of aromatic nitrogens is 5. The molecule has 148 valence electrons. The van der Waals surface area contributed by atoms with Crippen LogP contribution in [0, 0.1) is 11.3 Å². The van der Waals surface area contributed by atoms with Crippen molar-refractivity contribution in [1.29, 1.82) is 5.26 Å². The average Bonchev–Trinajstić information content (AvgIpc) is 2.67. The molecule has 3 aromatic heterocycles. The fourth-order valence-corrected chi connectivity index (χ4v) is 2.28. The molecule has 11 heteroatoms. The van der Waals surface area contributed by atoms with Gasteiger partial charge in [0.2, 0.25) is 11.9 Å². The van der Waals surface area contributed by atoms with E-state index in [2.05, 4.69) is 35.6 Å². The summed E-state index contributed by atoms with van der Waals surface area (Å²) in [6.45, 7) is 3.72. The van der Waals surface area contributed by atoms with E-state index >= 15 is 0 Å². The second-order valence-electron chi connectivity index (χ2n) is 6.21. The van der Waals surface area contributed by atoms with Crippen molar-refractivity contribution in [3.05, 3.63) is 47.9 Å². The summed E-state index contributed by atoms with van der Waals surface area (Å²) in [5, 5.41) is 14.9. The molecule has 3 aromatic rings. The van der Waals surface area contributed by atoms with E-state index in [1.54, 1.807) is 0 Å². The number of nitrogens with zero attached hydrogens (tertiary/aromatic N) is 6. The molecule has 0 saturated heterocycles. The second kappa shape index (κ2) is 8.05. The third-order valence-electron chi connectivity index (χ3n) is 3.45. The maximum atomic E-state index is 13.0. The van der Waals surface area contributed by atoms with Crippen LogP contribution < -0.4 is 10.6 Å². The van der Waals surface area contributed by atoms with E-state index in [4.69, 9.17) is 5.26 Å². The predicted molar refractivity (Wildman–Crippen MR) is 99.1 cm³/mol. The van der Waals surface area contributed by atoms with Crippen LogP contribution in [0.5, 0.6) is 0 Å². The highest BCUT2D eigenvalue weighted by molar-refractivity contribution is 5.59. The Bertz CT molecular complexity index is 1060. The number of pyridine rings is 2. The molecule has 3 rings (SSSR count). The van der Waals surface area contributed by atoms with E-state index in [1.165, 1.54) is 30.6 Å². The minimum atomic E-state index is -4.59. The van der Waals surface area contributed by atoms with Gasteiger partial charge in [-0.05, 0) is 32.0 Å². The largest absolute Gasteiger partial charge is 0.433 e. The molecule has 0 atom stereocenters. The number of nitrogens with one attached hydrogen (secondary N) is 2. The topological polar surface area (TPSA) is 112 Å². The molecule has 0 aliphatic heterocycles. The molecule has 2 N–H and O–H groups in total. The van der Waals surface area contributed by atoms with Crippen molar-refractivity contribution >= 4 is 17.6 Å². The predicted octanol–water partition coefficient (Wildman–Crippen LogP) is 3.78. The Hall–Kier alpha value is -3.81. The lowest BCUT2D eigenvalue weighted by Crippen LogP contribution is -2.15. The monoisotopic (exact) mass is 400 g/mol. The Morgan fingerprint density at radius 2 is 1.79 bits per heavy atom. The van der Waals surface area contributed by atoms with Crippen LogP contribution in [-0.2, 0) is 6.18 Å². The Balaban J connectivity index is 2.03. The van der Waals surface area contributed by atoms with E-state index in [1.807, 2.05) is 19.9 Å². The van der Waals surface area contributed by atoms with Gasteiger partial charge in [0, 0.05) is 12.2 Å². The molecular weight excluding hydrogens is 385 g/mol. The first-order valence-corrected chi connectivity index (χ1v) is 8.44. The zero-order chi connectivity index (χ0) is 21.0. The molecule has 3 heterocycles. The molecule has 0 aromatic carbocycles. The van der Waals surface area contributed by atoms with Gasteiger partial charge in [-0.25, -0.2) is 4.98 Å². The first kappa shape index (κ1) is 19.9. The van der Waals surface area contributed by atoms with Gasteiger partial charge in [0.1, 0.15) is 17.5 Å². The molecule has 29 heavy (non-hydrogen) atoms. The van der Waals surface area contributed by atoms with Gasteiger partial charge in [-0.2, -0.15) is 33.4 Å². The number of nitriles is 1. The fraction of sp³-hybridized carbons (Fsp3) is 0.222. The van der Waals surface area contributed by atoms with Crippen LogP contribution in [0.3, 0.4) is 0 Å². The normalized spacial score (nSPS) is 11.2. The van der Waals surface area contributed by atoms with Crippen molar-refractivity contribution in [2.24, 2.45) is 0 Å². The second-order valence-corrected chi connectivity index (χ2v) is 6.21. The van der Waals surface area contributed by atoms with Crippen LogP contribution in [0.2, 0.25) is 0 Å². The Morgan fingerprint density at radius 3 is 2.48 bits per heavy atom. The lowest BCUT2D eigenvalue weighted by atomic mass is 10.3. The highest BCUT2D eigenvalue weighted by Gasteiger charge is 2.32. The Morgan fingerprint density at radius 1 is 1.03 bits per heavy atom. The molecule has 0 saturated carbocycles. The molecule has 0 fully saturated rings. The van der Waals surface area contributed by atoms with Crippen molar-refractivity contribution in [1.82, 2.24) is 24.9 Å². The van der Waals surface area contributed by atoms with Gasteiger partial charge < -0.3 is 10.6 Å². The number of halogens is 3. The SMILES string of the molecule is CC(C)Nc1nc(Nc2cncc(C#N)c2)nc(-c2cccc(C(F)(F)F)n2)n1. The minimum Gasteiger partial charge on any atom is -0.352 e. The molecule has 0 aliphatic carbocycles. The van der Waals surface area contributed by atoms with Crippen LogP contribution in [0.15, 0.2) is 36.7 Å². The first-order valence-electron chi connectivity index (χ1n) is 8.44. The molecule has 0 aliphatic rings. The summed E-state index contributed by atoms with van der Waals surface area (Å²) >= 11 is 0. The van der Waals surface area contributed by atoms with Gasteiger partial charge in [0.15, 0.2) is 5.82 Å². The van der Waals surface area contributed by atoms with Gasteiger partial charge in [-0.1, -0.05) is 6.07 Å². The van der Waals surface area contributed by atoms with Crippen LogP contribution in [0.4, 0.5) is 30.8 Å². The van der Waals surface area contributed by atoms with E-state index < -0.39 is 11.9 Å². The molecule has 8 nitrogen and oxygen atoms in total. The first-order chi connectivity index (χ1) is 13.7. The van der Waals surface area contributed by atoms with Gasteiger partial charge in [-0.3, -0.25) is 4.98 Å². The number of rotatable bonds is 5. The van der Waals surface area contributed by atoms with Gasteiger partial charge in [0.05, 0.1) is 17.4 Å². The van der Waals surface area contributed by atoms with Crippen molar-refractivity contribution in [2.75, 3.05) is 10.6 Å². The quantitative estimate of drug-likeness (QED) is 0.665. The molecule has 0 radical (unpaired) electrons. The molecule has 0 amide bonds. The number of hydrogen-bond acceptors (Lipinski definition) is 8. The Kier molecular flexibility index (Phi) is 5.54. The summed E-state index contributed by atoms with van der Waals surface area (Å²) in [6, 6.07) is 6.95. The summed E-state index contributed by atoms with van der Waals surface area (Å²) in [4.78, 5) is 20.1. The summed E-state index contributed by atoms with van der Waals surface area (Å²) in [5.41, 5.74) is -0.340. The van der Waals surface area contributed by atoms with E-state index in [0.29, 0.717) is 11.3 Å². The summed E-state index contributed by atoms with van der Waals surface area (Å²) < 4.78 is 39.0. The summed E-state index contributed by atoms with van der Waals surface area (Å²) in [7, 11) is 0. The third kappa shape index (κ3) is 5.13. The lowest BCUT2D eigenvalue weighted by Gasteiger charge is -2.12. The van der Waals surface area contributed by atoms with Crippen molar-refractivity contribution in [2.45, 2.75) is 26.1 Å². The maximum Gasteiger partial charge on any atom is 0.433 e. The number of anilines is 3. The number of alkyl halides is 3. The van der Waals surface area contributed by atoms with Crippen LogP contribution >= 0.6 is 0 Å². The molecular formula is C18H15F3N8. The van der Waals surface area contributed by atoms with Gasteiger partial charge >= 0.3 is 6.18 Å². The lowest BCUT2D eigenvalue weighted by molar-refractivity contribution is -0.141. The highest BCUT2D eigenvalue weighted by atomic mass is 19.4. The smallest absolute Gasteiger partial charge is 0.352 e. The maximum absolute atomic E-state index is 13.0. The summed E-state index contributed by atoms with van der Waals surface area (Å²) in [6.07, 6.45) is -1.74. The molecule has 0 unspecified atom stereocenters. The highest BCUT2D eigenvalue weighted by Crippen LogP contribution is 2.29. The van der Waals surface area contributed by atoms with E-state index in [0.717, 1.165) is 6.07 Å². The molecule has 0 bridgehead atoms. The average molecular weight is 400 g/mol. The van der Waals surface area contributed by atoms with Crippen LogP contribution in [0.1, 0.15) is 25.1 Å². The zero-order valence-electron chi connectivity index (χ0n) is 15.4. The number of hydrogen-bond donors (Lipinski definition) is 2. The van der Waals surface area contributed by atoms with Gasteiger partial charge in [-0.15, -0.1) is 0 Å². The summed E-state index contributed by atoms with van der Waals surface area (Å²) in [5.74, 6) is 0.187. The minimum absolute atomic E-state index is 0.0313. The molecule has 0 spiro atoms. The van der Waals surface area contributed by atoms with E-state index in [9.17, 15) is 13.2 Å². The fourth-order valence-electron chi connectivity index (χ4n) is 2.28. The zero-order valence-corrected chi connectivity index (χ0v) is 15.4. The van der Waals surface area contributed by atoms with Crippen LogP contribution in [-0.4, -0.2) is 31.0 Å². The Labute approximate surface area is 163 Å². The van der Waals surface area contributed by atoms with Crippen LogP contribution in [0.25, 0.3) is 11.5 Å².